The lowest BCUT2D eigenvalue weighted by atomic mass is 9.69. The summed E-state index contributed by atoms with van der Waals surface area (Å²) in [6, 6.07) is 11.0. The first-order valence-electron chi connectivity index (χ1n) is 12.6. The Bertz CT molecular complexity index is 1530. The third-order valence-corrected chi connectivity index (χ3v) is 7.37. The first-order valence-corrected chi connectivity index (χ1v) is 12.6. The molecule has 0 atom stereocenters. The van der Waals surface area contributed by atoms with Crippen molar-refractivity contribution in [1.29, 1.82) is 0 Å². The molecule has 2 aromatic carbocycles. The number of ketones is 1. The summed E-state index contributed by atoms with van der Waals surface area (Å²) in [7, 11) is 3.58. The number of hydrogen-bond donors (Lipinski definition) is 1. The van der Waals surface area contributed by atoms with Crippen molar-refractivity contribution in [3.8, 4) is 22.6 Å². The topological polar surface area (TPSA) is 71.1 Å². The van der Waals surface area contributed by atoms with Gasteiger partial charge in [0, 0.05) is 42.8 Å². The van der Waals surface area contributed by atoms with E-state index in [1.165, 1.54) is 6.92 Å². The summed E-state index contributed by atoms with van der Waals surface area (Å²) in [5.74, 6) is -0.570. The lowest BCUT2D eigenvalue weighted by Gasteiger charge is -2.44. The summed E-state index contributed by atoms with van der Waals surface area (Å²) in [4.78, 5) is 26.2. The molecule has 0 bridgehead atoms. The number of nitrogens with zero attached hydrogens (tertiary/aromatic N) is 3. The van der Waals surface area contributed by atoms with Gasteiger partial charge in [-0.05, 0) is 44.0 Å². The lowest BCUT2D eigenvalue weighted by Crippen LogP contribution is -2.44. The van der Waals surface area contributed by atoms with E-state index in [2.05, 4.69) is 15.0 Å². The molecule has 1 aliphatic carbocycles. The van der Waals surface area contributed by atoms with Crippen LogP contribution in [0.3, 0.4) is 0 Å². The van der Waals surface area contributed by atoms with Crippen LogP contribution in [0.5, 0.6) is 0 Å². The monoisotopic (exact) mass is 540 g/mol. The molecule has 204 valence electrons. The van der Waals surface area contributed by atoms with Crippen molar-refractivity contribution >= 4 is 22.6 Å². The van der Waals surface area contributed by atoms with Gasteiger partial charge in [-0.1, -0.05) is 30.7 Å². The Hall–Kier alpha value is -3.79. The standard InChI is InChI=1S/C29H28F4N4O2/c1-17(38)18-5-7-19(8-6-18)26-35-25-24(37(2)15-28(16-39-3)9-4-10-28)14-23(34-27(25)36-26)20-11-21(29(31,32)33)13-22(30)12-20/h5-8,11-14H,4,9-10,15-16H2,1-3H3,(H,34,35,36). The van der Waals surface area contributed by atoms with Gasteiger partial charge >= 0.3 is 6.18 Å². The number of Topliss-reactive ketones (excluding diaryl/α,β-unsaturated/α-hetero) is 1. The zero-order valence-electron chi connectivity index (χ0n) is 21.8. The zero-order chi connectivity index (χ0) is 27.9. The molecule has 4 aromatic rings. The van der Waals surface area contributed by atoms with E-state index in [0.29, 0.717) is 47.4 Å². The van der Waals surface area contributed by atoms with E-state index in [4.69, 9.17) is 4.74 Å². The van der Waals surface area contributed by atoms with Crippen LogP contribution < -0.4 is 4.90 Å². The number of hydrogen-bond acceptors (Lipinski definition) is 5. The van der Waals surface area contributed by atoms with E-state index in [0.717, 1.165) is 31.4 Å². The number of imidazole rings is 1. The van der Waals surface area contributed by atoms with Crippen molar-refractivity contribution in [2.24, 2.45) is 5.41 Å². The second kappa shape index (κ2) is 10.1. The summed E-state index contributed by atoms with van der Waals surface area (Å²) >= 11 is 0. The van der Waals surface area contributed by atoms with E-state index in [1.807, 2.05) is 11.9 Å². The average Bonchev–Trinajstić information content (AvgIpc) is 3.30. The van der Waals surface area contributed by atoms with Crippen LogP contribution in [0.4, 0.5) is 23.2 Å². The number of pyridine rings is 1. The fraction of sp³-hybridized carbons (Fsp3) is 0.345. The number of anilines is 1. The van der Waals surface area contributed by atoms with Crippen molar-refractivity contribution in [3.63, 3.8) is 0 Å². The van der Waals surface area contributed by atoms with Crippen LogP contribution in [-0.2, 0) is 10.9 Å². The highest BCUT2D eigenvalue weighted by Crippen LogP contribution is 2.43. The maximum absolute atomic E-state index is 14.3. The van der Waals surface area contributed by atoms with Crippen LogP contribution in [0, 0.1) is 11.2 Å². The number of benzene rings is 2. The van der Waals surface area contributed by atoms with Gasteiger partial charge in [0.15, 0.2) is 11.4 Å². The molecule has 1 N–H and O–H groups in total. The molecule has 10 heteroatoms. The molecule has 39 heavy (non-hydrogen) atoms. The van der Waals surface area contributed by atoms with Crippen molar-refractivity contribution in [2.45, 2.75) is 32.4 Å². The van der Waals surface area contributed by atoms with Crippen LogP contribution in [0.2, 0.25) is 0 Å². The molecule has 0 aliphatic heterocycles. The number of carbonyl (C=O) groups is 1. The Balaban J connectivity index is 1.64. The van der Waals surface area contributed by atoms with Crippen LogP contribution in [0.25, 0.3) is 33.8 Å². The van der Waals surface area contributed by atoms with Crippen molar-refractivity contribution in [2.75, 3.05) is 32.2 Å². The van der Waals surface area contributed by atoms with Crippen molar-refractivity contribution in [3.05, 3.63) is 65.5 Å². The van der Waals surface area contributed by atoms with Gasteiger partial charge in [-0.15, -0.1) is 0 Å². The Morgan fingerprint density at radius 3 is 2.38 bits per heavy atom. The van der Waals surface area contributed by atoms with E-state index in [9.17, 15) is 22.4 Å². The quantitative estimate of drug-likeness (QED) is 0.194. The van der Waals surface area contributed by atoms with E-state index >= 15 is 0 Å². The van der Waals surface area contributed by atoms with Gasteiger partial charge in [0.05, 0.1) is 23.6 Å². The highest BCUT2D eigenvalue weighted by atomic mass is 19.4. The van der Waals surface area contributed by atoms with Gasteiger partial charge in [0.25, 0.3) is 0 Å². The summed E-state index contributed by atoms with van der Waals surface area (Å²) in [5.41, 5.74) is 1.90. The molecular formula is C29H28F4N4O2. The van der Waals surface area contributed by atoms with Crippen LogP contribution in [0.1, 0.15) is 42.1 Å². The van der Waals surface area contributed by atoms with Crippen LogP contribution in [0.15, 0.2) is 48.5 Å². The Morgan fingerprint density at radius 1 is 1.08 bits per heavy atom. The van der Waals surface area contributed by atoms with Gasteiger partial charge in [0.1, 0.15) is 17.2 Å². The lowest BCUT2D eigenvalue weighted by molar-refractivity contribution is -0.137. The largest absolute Gasteiger partial charge is 0.416 e. The fourth-order valence-corrected chi connectivity index (χ4v) is 5.24. The third kappa shape index (κ3) is 5.38. The first kappa shape index (κ1) is 26.8. The second-order valence-corrected chi connectivity index (χ2v) is 10.3. The minimum atomic E-state index is -4.71. The van der Waals surface area contributed by atoms with Crippen molar-refractivity contribution < 1.29 is 27.1 Å². The summed E-state index contributed by atoms with van der Waals surface area (Å²) in [5, 5.41) is 0. The second-order valence-electron chi connectivity index (χ2n) is 10.3. The molecule has 0 unspecified atom stereocenters. The van der Waals surface area contributed by atoms with Crippen LogP contribution >= 0.6 is 0 Å². The Kier molecular flexibility index (Phi) is 6.92. The van der Waals surface area contributed by atoms with E-state index in [-0.39, 0.29) is 28.1 Å². The molecule has 6 nitrogen and oxygen atoms in total. The number of alkyl halides is 3. The number of H-pyrrole nitrogens is 1. The number of halogens is 4. The van der Waals surface area contributed by atoms with Gasteiger partial charge in [-0.25, -0.2) is 14.4 Å². The Morgan fingerprint density at radius 2 is 1.79 bits per heavy atom. The summed E-state index contributed by atoms with van der Waals surface area (Å²) in [6.45, 7) is 2.73. The Labute approximate surface area is 223 Å². The number of ether oxygens (including phenoxy) is 1. The molecule has 0 saturated heterocycles. The predicted octanol–water partition coefficient (Wildman–Crippen LogP) is 6.91. The number of methoxy groups -OCH3 is 1. The molecule has 0 amide bonds. The smallest absolute Gasteiger partial charge is 0.384 e. The minimum absolute atomic E-state index is 0.00415. The zero-order valence-corrected chi connectivity index (χ0v) is 21.8. The first-order chi connectivity index (χ1) is 18.5. The predicted molar refractivity (Wildman–Crippen MR) is 141 cm³/mol. The maximum atomic E-state index is 14.3. The highest BCUT2D eigenvalue weighted by Gasteiger charge is 2.38. The normalized spacial score (nSPS) is 14.8. The van der Waals surface area contributed by atoms with Crippen LogP contribution in [-0.4, -0.2) is 48.0 Å². The number of aromatic amines is 1. The van der Waals surface area contributed by atoms with E-state index in [1.54, 1.807) is 37.4 Å². The summed E-state index contributed by atoms with van der Waals surface area (Å²) < 4.78 is 60.1. The van der Waals surface area contributed by atoms with Gasteiger partial charge in [-0.3, -0.25) is 4.79 Å². The van der Waals surface area contributed by atoms with E-state index < -0.39 is 17.6 Å². The molecule has 1 fully saturated rings. The number of aromatic nitrogens is 3. The average molecular weight is 541 g/mol. The number of carbonyl (C=O) groups excluding carboxylic acids is 1. The van der Waals surface area contributed by atoms with Gasteiger partial charge < -0.3 is 14.6 Å². The number of nitrogens with one attached hydrogen (secondary N) is 1. The molecule has 1 aliphatic rings. The molecule has 2 aromatic heterocycles. The highest BCUT2D eigenvalue weighted by molar-refractivity contribution is 5.95. The van der Waals surface area contributed by atoms with Crippen molar-refractivity contribution in [1.82, 2.24) is 15.0 Å². The minimum Gasteiger partial charge on any atom is -0.384 e. The molecular weight excluding hydrogens is 512 g/mol. The number of rotatable bonds is 8. The third-order valence-electron chi connectivity index (χ3n) is 7.37. The van der Waals surface area contributed by atoms with Gasteiger partial charge in [-0.2, -0.15) is 13.2 Å². The summed E-state index contributed by atoms with van der Waals surface area (Å²) in [6.07, 6.45) is -1.60. The number of fused-ring (bicyclic) bond motifs is 1. The maximum Gasteiger partial charge on any atom is 0.416 e. The molecule has 0 spiro atoms. The van der Waals surface area contributed by atoms with Gasteiger partial charge in [0.2, 0.25) is 0 Å². The molecule has 1 saturated carbocycles. The SMILES string of the molecule is COCC1(CN(C)c2cc(-c3cc(F)cc(C(F)(F)F)c3)nc3nc(-c4ccc(C(C)=O)cc4)[nH]c23)CCC1. The molecule has 5 rings (SSSR count). The molecule has 0 radical (unpaired) electrons. The molecule has 2 heterocycles. The fourth-order valence-electron chi connectivity index (χ4n) is 5.24.